The normalized spacial score (nSPS) is 32.9. The third-order valence-corrected chi connectivity index (χ3v) is 7.72. The maximum absolute atomic E-state index is 13.4. The van der Waals surface area contributed by atoms with E-state index in [2.05, 4.69) is 31.1 Å². The smallest absolute Gasteiger partial charge is 0.165 e. The molecular formula is C24H28N2O2. The Morgan fingerprint density at radius 2 is 2.18 bits per heavy atom. The van der Waals surface area contributed by atoms with Crippen molar-refractivity contribution in [3.8, 4) is 5.75 Å². The predicted octanol–water partition coefficient (Wildman–Crippen LogP) is 4.73. The van der Waals surface area contributed by atoms with Crippen LogP contribution in [-0.2, 0) is 17.8 Å². The zero-order chi connectivity index (χ0) is 19.5. The number of aromatic nitrogens is 2. The monoisotopic (exact) mass is 376 g/mol. The number of aromatic hydroxyl groups is 1. The van der Waals surface area contributed by atoms with Gasteiger partial charge in [0.25, 0.3) is 0 Å². The number of Topliss-reactive ketones (excluding diaryl/α,β-unsaturated/α-hetero) is 1. The number of aryl methyl sites for hydroxylation is 2. The second-order valence-electron chi connectivity index (χ2n) is 9.03. The molecule has 2 saturated carbocycles. The Morgan fingerprint density at radius 3 is 3.00 bits per heavy atom. The minimum absolute atomic E-state index is 0.224. The highest BCUT2D eigenvalue weighted by Crippen LogP contribution is 2.60. The van der Waals surface area contributed by atoms with Gasteiger partial charge in [-0.3, -0.25) is 9.48 Å². The lowest BCUT2D eigenvalue weighted by atomic mass is 9.55. The molecule has 3 aliphatic carbocycles. The van der Waals surface area contributed by atoms with Crippen LogP contribution in [0.1, 0.15) is 62.3 Å². The van der Waals surface area contributed by atoms with Crippen molar-refractivity contribution in [2.24, 2.45) is 17.3 Å². The maximum atomic E-state index is 13.4. The van der Waals surface area contributed by atoms with Gasteiger partial charge in [-0.1, -0.05) is 13.0 Å². The zero-order valence-corrected chi connectivity index (χ0v) is 16.7. The number of rotatable bonds is 2. The molecule has 1 aromatic heterocycles. The molecule has 0 radical (unpaired) electrons. The maximum Gasteiger partial charge on any atom is 0.165 e. The number of carbonyl (C=O) groups excluding carboxylic acids is 1. The van der Waals surface area contributed by atoms with E-state index in [1.807, 2.05) is 29.1 Å². The van der Waals surface area contributed by atoms with Gasteiger partial charge in [0.05, 0.1) is 5.69 Å². The van der Waals surface area contributed by atoms with E-state index in [0.29, 0.717) is 29.3 Å². The molecule has 0 amide bonds. The van der Waals surface area contributed by atoms with Crippen molar-refractivity contribution in [1.82, 2.24) is 9.78 Å². The summed E-state index contributed by atoms with van der Waals surface area (Å²) in [5.74, 6) is 2.23. The molecule has 0 unspecified atom stereocenters. The van der Waals surface area contributed by atoms with E-state index in [4.69, 9.17) is 0 Å². The van der Waals surface area contributed by atoms with E-state index in [1.54, 1.807) is 0 Å². The summed E-state index contributed by atoms with van der Waals surface area (Å²) in [6.07, 6.45) is 8.95. The first-order valence-electron chi connectivity index (χ1n) is 10.6. The van der Waals surface area contributed by atoms with Crippen LogP contribution in [-0.4, -0.2) is 20.7 Å². The summed E-state index contributed by atoms with van der Waals surface area (Å²) >= 11 is 0. The molecule has 28 heavy (non-hydrogen) atoms. The largest absolute Gasteiger partial charge is 0.508 e. The molecule has 5 rings (SSSR count). The zero-order valence-electron chi connectivity index (χ0n) is 16.7. The number of hydrogen-bond donors (Lipinski definition) is 1. The van der Waals surface area contributed by atoms with Crippen molar-refractivity contribution in [3.05, 3.63) is 52.9 Å². The Hall–Kier alpha value is -2.36. The van der Waals surface area contributed by atoms with Crippen LogP contribution >= 0.6 is 0 Å². The molecule has 1 aromatic carbocycles. The molecule has 146 valence electrons. The van der Waals surface area contributed by atoms with E-state index in [1.165, 1.54) is 11.1 Å². The highest BCUT2D eigenvalue weighted by atomic mass is 16.3. The van der Waals surface area contributed by atoms with E-state index in [-0.39, 0.29) is 5.41 Å². The Bertz CT molecular complexity index is 973. The van der Waals surface area contributed by atoms with Crippen molar-refractivity contribution in [1.29, 1.82) is 0 Å². The SMILES string of the molecule is CCn1nccc1/C=C1\C[C@@H]2[C@@H]3CCc4cc(O)ccc4[C@@H]3CC[C@@]2(C)C1=O. The molecule has 2 aromatic rings. The molecule has 1 N–H and O–H groups in total. The van der Waals surface area contributed by atoms with Crippen LogP contribution in [0.25, 0.3) is 6.08 Å². The summed E-state index contributed by atoms with van der Waals surface area (Å²) in [6, 6.07) is 7.89. The van der Waals surface area contributed by atoms with Crippen LogP contribution in [0, 0.1) is 17.3 Å². The molecular weight excluding hydrogens is 348 g/mol. The van der Waals surface area contributed by atoms with Gasteiger partial charge in [-0.25, -0.2) is 0 Å². The van der Waals surface area contributed by atoms with Crippen LogP contribution < -0.4 is 0 Å². The van der Waals surface area contributed by atoms with Crippen LogP contribution in [0.2, 0.25) is 0 Å². The summed E-state index contributed by atoms with van der Waals surface area (Å²) in [5.41, 5.74) is 4.51. The number of carbonyl (C=O) groups is 1. The third kappa shape index (κ3) is 2.50. The summed E-state index contributed by atoms with van der Waals surface area (Å²) in [5, 5.41) is 14.2. The van der Waals surface area contributed by atoms with Crippen molar-refractivity contribution in [2.45, 2.75) is 58.4 Å². The van der Waals surface area contributed by atoms with Crippen LogP contribution in [0.5, 0.6) is 5.75 Å². The fourth-order valence-electron chi connectivity index (χ4n) is 6.28. The standard InChI is InChI=1S/C24H28N2O2/c1-3-26-17(9-11-25-26)12-16-14-22-21-6-4-15-13-18(27)5-7-19(15)20(21)8-10-24(22,2)23(16)28/h5,7,9,11-13,20-22,27H,3-4,6,8,10,14H2,1-2H3/b16-12+/t20-,21+,22+,24+/m0/s1. The first kappa shape index (κ1) is 17.7. The number of phenolic OH excluding ortho intramolecular Hbond substituents is 1. The van der Waals surface area contributed by atoms with Gasteiger partial charge in [0, 0.05) is 18.2 Å². The minimum Gasteiger partial charge on any atom is -0.508 e. The lowest BCUT2D eigenvalue weighted by Crippen LogP contribution is -2.42. The lowest BCUT2D eigenvalue weighted by molar-refractivity contribution is -0.127. The second-order valence-corrected chi connectivity index (χ2v) is 9.03. The number of allylic oxidation sites excluding steroid dienone is 1. The minimum atomic E-state index is -0.224. The number of fused-ring (bicyclic) bond motifs is 5. The van der Waals surface area contributed by atoms with Crippen molar-refractivity contribution in [3.63, 3.8) is 0 Å². The van der Waals surface area contributed by atoms with Gasteiger partial charge in [0.15, 0.2) is 5.78 Å². The molecule has 0 saturated heterocycles. The van der Waals surface area contributed by atoms with Crippen molar-refractivity contribution in [2.75, 3.05) is 0 Å². The van der Waals surface area contributed by atoms with Gasteiger partial charge in [0.2, 0.25) is 0 Å². The first-order valence-corrected chi connectivity index (χ1v) is 10.6. The van der Waals surface area contributed by atoms with Gasteiger partial charge in [0.1, 0.15) is 5.75 Å². The lowest BCUT2D eigenvalue weighted by Gasteiger charge is -2.48. The molecule has 4 atom stereocenters. The van der Waals surface area contributed by atoms with Gasteiger partial charge in [-0.2, -0.15) is 5.10 Å². The third-order valence-electron chi connectivity index (χ3n) is 7.72. The van der Waals surface area contributed by atoms with Gasteiger partial charge in [-0.15, -0.1) is 0 Å². The van der Waals surface area contributed by atoms with E-state index in [9.17, 15) is 9.90 Å². The van der Waals surface area contributed by atoms with Crippen LogP contribution in [0.4, 0.5) is 0 Å². The second kappa shape index (κ2) is 6.33. The van der Waals surface area contributed by atoms with E-state index >= 15 is 0 Å². The van der Waals surface area contributed by atoms with Gasteiger partial charge >= 0.3 is 0 Å². The fourth-order valence-corrected chi connectivity index (χ4v) is 6.28. The summed E-state index contributed by atoms with van der Waals surface area (Å²) in [4.78, 5) is 13.4. The summed E-state index contributed by atoms with van der Waals surface area (Å²) in [6.45, 7) is 5.10. The molecule has 0 bridgehead atoms. The molecule has 0 spiro atoms. The van der Waals surface area contributed by atoms with Crippen LogP contribution in [0.3, 0.4) is 0 Å². The number of benzene rings is 1. The highest BCUT2D eigenvalue weighted by molar-refractivity contribution is 6.05. The van der Waals surface area contributed by atoms with Gasteiger partial charge in [-0.05, 0) is 97.8 Å². The van der Waals surface area contributed by atoms with Crippen molar-refractivity contribution >= 4 is 11.9 Å². The summed E-state index contributed by atoms with van der Waals surface area (Å²) in [7, 11) is 0. The van der Waals surface area contributed by atoms with E-state index < -0.39 is 0 Å². The Labute approximate surface area is 166 Å². The quantitative estimate of drug-likeness (QED) is 0.771. The molecule has 1 heterocycles. The van der Waals surface area contributed by atoms with Crippen molar-refractivity contribution < 1.29 is 9.90 Å². The number of phenols is 1. The number of hydrogen-bond acceptors (Lipinski definition) is 3. The average Bonchev–Trinajstić information content (AvgIpc) is 3.24. The number of nitrogens with zero attached hydrogens (tertiary/aromatic N) is 2. The fraction of sp³-hybridized carbons (Fsp3) is 0.500. The molecule has 4 heteroatoms. The average molecular weight is 377 g/mol. The van der Waals surface area contributed by atoms with E-state index in [0.717, 1.165) is 49.9 Å². The Kier molecular flexibility index (Phi) is 4.01. The number of ketones is 1. The first-order chi connectivity index (χ1) is 13.5. The van der Waals surface area contributed by atoms with Gasteiger partial charge < -0.3 is 5.11 Å². The Balaban J connectivity index is 1.49. The van der Waals surface area contributed by atoms with Crippen LogP contribution in [0.15, 0.2) is 36.0 Å². The Morgan fingerprint density at radius 1 is 1.32 bits per heavy atom. The molecule has 4 nitrogen and oxygen atoms in total. The topological polar surface area (TPSA) is 55.1 Å². The molecule has 3 aliphatic rings. The highest BCUT2D eigenvalue weighted by Gasteiger charge is 2.56. The molecule has 0 aliphatic heterocycles. The summed E-state index contributed by atoms with van der Waals surface area (Å²) < 4.78 is 1.96. The molecule has 2 fully saturated rings. The predicted molar refractivity (Wildman–Crippen MR) is 109 cm³/mol.